The average Bonchev–Trinajstić information content (AvgIpc) is 2.20. The molecule has 0 unspecified atom stereocenters. The van der Waals surface area contributed by atoms with E-state index in [9.17, 15) is 9.59 Å². The third-order valence-electron chi connectivity index (χ3n) is 2.32. The van der Waals surface area contributed by atoms with Gasteiger partial charge in [-0.15, -0.1) is 0 Å². The molecule has 0 bridgehead atoms. The molecule has 6 nitrogen and oxygen atoms in total. The number of pyridine rings is 1. The number of rotatable bonds is 2. The standard InChI is InChI=1S/C10H11N3O3/c1-6-4-7-8(13(5-6)2-3-14)11-10(16)12-9(7)15/h4-5,14H,2-3H2,1H3,(H,12,15,16)/p+1. The fraction of sp³-hybridized carbons (Fsp3) is 0.300. The summed E-state index contributed by atoms with van der Waals surface area (Å²) in [5.74, 6) is 0. The maximum absolute atomic E-state index is 11.6. The van der Waals surface area contributed by atoms with Gasteiger partial charge in [0.15, 0.2) is 0 Å². The third kappa shape index (κ3) is 1.74. The van der Waals surface area contributed by atoms with Gasteiger partial charge in [-0.3, -0.25) is 9.78 Å². The van der Waals surface area contributed by atoms with Crippen molar-refractivity contribution in [2.45, 2.75) is 13.5 Å². The molecule has 0 radical (unpaired) electrons. The smallest absolute Gasteiger partial charge is 0.392 e. The summed E-state index contributed by atoms with van der Waals surface area (Å²) >= 11 is 0. The lowest BCUT2D eigenvalue weighted by molar-refractivity contribution is -0.675. The minimum atomic E-state index is -0.548. The molecular formula is C10H12N3O3+. The van der Waals surface area contributed by atoms with Gasteiger partial charge in [0.25, 0.3) is 11.2 Å². The predicted molar refractivity (Wildman–Crippen MR) is 57.2 cm³/mol. The van der Waals surface area contributed by atoms with Crippen LogP contribution in [0.1, 0.15) is 5.56 Å². The minimum absolute atomic E-state index is 0.0575. The number of nitrogens with one attached hydrogen (secondary N) is 2. The highest BCUT2D eigenvalue weighted by Gasteiger charge is 2.12. The van der Waals surface area contributed by atoms with Crippen molar-refractivity contribution >= 4 is 11.0 Å². The van der Waals surface area contributed by atoms with Crippen LogP contribution in [0.25, 0.3) is 11.0 Å². The van der Waals surface area contributed by atoms with Crippen molar-refractivity contribution in [2.24, 2.45) is 0 Å². The number of aliphatic hydroxyl groups excluding tert-OH is 1. The molecule has 0 aliphatic heterocycles. The molecule has 0 aliphatic rings. The summed E-state index contributed by atoms with van der Waals surface area (Å²) in [5, 5.41) is 9.32. The number of aryl methyl sites for hydroxylation is 1. The fourth-order valence-corrected chi connectivity index (χ4v) is 1.70. The minimum Gasteiger partial charge on any atom is -0.392 e. The second-order valence-electron chi connectivity index (χ2n) is 3.60. The van der Waals surface area contributed by atoms with E-state index in [0.717, 1.165) is 5.56 Å². The lowest BCUT2D eigenvalue weighted by atomic mass is 10.2. The molecular weight excluding hydrogens is 210 g/mol. The first kappa shape index (κ1) is 10.6. The third-order valence-corrected chi connectivity index (χ3v) is 2.32. The number of fused-ring (bicyclic) bond motifs is 1. The van der Waals surface area contributed by atoms with E-state index < -0.39 is 11.2 Å². The van der Waals surface area contributed by atoms with Gasteiger partial charge in [0.2, 0.25) is 0 Å². The fourth-order valence-electron chi connectivity index (χ4n) is 1.70. The summed E-state index contributed by atoms with van der Waals surface area (Å²) in [5.41, 5.74) is 0.342. The van der Waals surface area contributed by atoms with Crippen LogP contribution in [0.2, 0.25) is 0 Å². The van der Waals surface area contributed by atoms with Crippen LogP contribution in [-0.4, -0.2) is 21.7 Å². The topological polar surface area (TPSA) is 89.8 Å². The Kier molecular flexibility index (Phi) is 2.57. The van der Waals surface area contributed by atoms with Crippen molar-refractivity contribution in [3.05, 3.63) is 38.7 Å². The van der Waals surface area contributed by atoms with Crippen LogP contribution in [0.3, 0.4) is 0 Å². The monoisotopic (exact) mass is 222 g/mol. The molecule has 2 aromatic heterocycles. The van der Waals surface area contributed by atoms with Crippen molar-refractivity contribution in [3.8, 4) is 0 Å². The van der Waals surface area contributed by atoms with E-state index in [1.165, 1.54) is 0 Å². The van der Waals surface area contributed by atoms with Crippen LogP contribution in [-0.2, 0) is 6.54 Å². The Morgan fingerprint density at radius 2 is 2.12 bits per heavy atom. The Morgan fingerprint density at radius 1 is 1.38 bits per heavy atom. The van der Waals surface area contributed by atoms with Crippen LogP contribution in [0.4, 0.5) is 0 Å². The summed E-state index contributed by atoms with van der Waals surface area (Å²) < 4.78 is 1.65. The summed E-state index contributed by atoms with van der Waals surface area (Å²) in [6.45, 7) is 2.12. The predicted octanol–water partition coefficient (Wildman–Crippen LogP) is -1.20. The van der Waals surface area contributed by atoms with E-state index in [1.54, 1.807) is 16.8 Å². The van der Waals surface area contributed by atoms with Crippen molar-refractivity contribution in [1.29, 1.82) is 0 Å². The summed E-state index contributed by atoms with van der Waals surface area (Å²) in [7, 11) is 0. The van der Waals surface area contributed by atoms with Crippen molar-refractivity contribution in [3.63, 3.8) is 0 Å². The van der Waals surface area contributed by atoms with Gasteiger partial charge in [0.1, 0.15) is 11.9 Å². The molecule has 2 rings (SSSR count). The molecule has 0 fully saturated rings. The van der Waals surface area contributed by atoms with Gasteiger partial charge in [-0.05, 0) is 18.6 Å². The number of aromatic amines is 2. The van der Waals surface area contributed by atoms with E-state index in [4.69, 9.17) is 5.11 Å². The Hall–Kier alpha value is -1.95. The Balaban J connectivity index is 2.89. The highest BCUT2D eigenvalue weighted by Crippen LogP contribution is 2.01. The molecule has 6 heteroatoms. The Labute approximate surface area is 90.2 Å². The second kappa shape index (κ2) is 3.90. The molecule has 3 N–H and O–H groups in total. The maximum Gasteiger partial charge on any atom is 0.413 e. The molecule has 0 atom stereocenters. The van der Waals surface area contributed by atoms with Gasteiger partial charge in [0.05, 0.1) is 12.8 Å². The van der Waals surface area contributed by atoms with Crippen LogP contribution >= 0.6 is 0 Å². The molecule has 0 aromatic carbocycles. The highest BCUT2D eigenvalue weighted by atomic mass is 16.3. The molecule has 16 heavy (non-hydrogen) atoms. The quantitative estimate of drug-likeness (QED) is 0.558. The lowest BCUT2D eigenvalue weighted by Crippen LogP contribution is -2.40. The van der Waals surface area contributed by atoms with Gasteiger partial charge in [0, 0.05) is 0 Å². The maximum atomic E-state index is 11.6. The summed E-state index contributed by atoms with van der Waals surface area (Å²) in [4.78, 5) is 27.4. The Bertz CT molecular complexity index is 642. The number of aliphatic hydroxyl groups is 1. The highest BCUT2D eigenvalue weighted by molar-refractivity contribution is 5.70. The molecule has 0 amide bonds. The van der Waals surface area contributed by atoms with Crippen LogP contribution < -0.4 is 15.8 Å². The largest absolute Gasteiger partial charge is 0.413 e. The number of hydrogen-bond acceptors (Lipinski definition) is 3. The van der Waals surface area contributed by atoms with Crippen LogP contribution in [0.15, 0.2) is 21.9 Å². The molecule has 0 saturated carbocycles. The van der Waals surface area contributed by atoms with Crippen molar-refractivity contribution in [2.75, 3.05) is 6.61 Å². The van der Waals surface area contributed by atoms with E-state index in [1.807, 2.05) is 6.92 Å². The first-order chi connectivity index (χ1) is 7.61. The van der Waals surface area contributed by atoms with Gasteiger partial charge in [-0.2, -0.15) is 4.98 Å². The van der Waals surface area contributed by atoms with E-state index in [0.29, 0.717) is 17.6 Å². The molecule has 2 heterocycles. The number of nitrogens with zero attached hydrogens (tertiary/aromatic N) is 1. The zero-order chi connectivity index (χ0) is 11.7. The molecule has 0 aliphatic carbocycles. The van der Waals surface area contributed by atoms with E-state index >= 15 is 0 Å². The Morgan fingerprint density at radius 3 is 2.81 bits per heavy atom. The number of H-pyrrole nitrogens is 2. The normalized spacial score (nSPS) is 10.9. The first-order valence-electron chi connectivity index (χ1n) is 4.89. The molecule has 84 valence electrons. The molecule has 2 aromatic rings. The number of hydrogen-bond donors (Lipinski definition) is 3. The van der Waals surface area contributed by atoms with Crippen molar-refractivity contribution in [1.82, 2.24) is 9.97 Å². The first-order valence-corrected chi connectivity index (χ1v) is 4.89. The van der Waals surface area contributed by atoms with Gasteiger partial charge < -0.3 is 5.11 Å². The van der Waals surface area contributed by atoms with Gasteiger partial charge in [-0.25, -0.2) is 9.36 Å². The lowest BCUT2D eigenvalue weighted by Gasteiger charge is -2.02. The van der Waals surface area contributed by atoms with Crippen molar-refractivity contribution < 1.29 is 9.67 Å². The number of aromatic nitrogens is 3. The van der Waals surface area contributed by atoms with Crippen LogP contribution in [0.5, 0.6) is 0 Å². The summed E-state index contributed by atoms with van der Waals surface area (Å²) in [6, 6.07) is 1.69. The SMILES string of the molecule is Cc1cc2c(=O)[nH]c(=O)[nH]c2[n+](CCO)c1. The van der Waals surface area contributed by atoms with E-state index in [2.05, 4.69) is 9.97 Å². The zero-order valence-electron chi connectivity index (χ0n) is 8.78. The average molecular weight is 222 g/mol. The molecule has 0 spiro atoms. The van der Waals surface area contributed by atoms with Gasteiger partial charge in [-0.1, -0.05) is 0 Å². The van der Waals surface area contributed by atoms with Crippen LogP contribution in [0, 0.1) is 6.92 Å². The molecule has 0 saturated heterocycles. The summed E-state index contributed by atoms with van der Waals surface area (Å²) in [6.07, 6.45) is 1.77. The van der Waals surface area contributed by atoms with Gasteiger partial charge >= 0.3 is 5.69 Å². The zero-order valence-corrected chi connectivity index (χ0v) is 8.78. The van der Waals surface area contributed by atoms with E-state index in [-0.39, 0.29) is 6.61 Å². The second-order valence-corrected chi connectivity index (χ2v) is 3.60.